The molecule has 1 heterocycles. The van der Waals surface area contributed by atoms with E-state index in [0.717, 1.165) is 18.5 Å². The first-order valence-corrected chi connectivity index (χ1v) is 5.07. The van der Waals surface area contributed by atoms with Crippen LogP contribution in [0.2, 0.25) is 0 Å². The fraction of sp³-hybridized carbons (Fsp3) is 0.364. The summed E-state index contributed by atoms with van der Waals surface area (Å²) >= 11 is 0. The van der Waals surface area contributed by atoms with Crippen LogP contribution in [-0.4, -0.2) is 23.8 Å². The smallest absolute Gasteiger partial charge is 0.404 e. The van der Waals surface area contributed by atoms with E-state index in [-0.39, 0.29) is 6.04 Å². The highest BCUT2D eigenvalue weighted by molar-refractivity contribution is 5.65. The van der Waals surface area contributed by atoms with Gasteiger partial charge in [0.2, 0.25) is 0 Å². The lowest BCUT2D eigenvalue weighted by atomic mass is 10.1. The minimum Gasteiger partial charge on any atom is -0.465 e. The van der Waals surface area contributed by atoms with Gasteiger partial charge in [0.25, 0.3) is 0 Å². The van der Waals surface area contributed by atoms with Crippen LogP contribution in [0.15, 0.2) is 24.3 Å². The number of para-hydroxylation sites is 1. The Labute approximate surface area is 88.3 Å². The molecule has 0 unspecified atom stereocenters. The second kappa shape index (κ2) is 4.21. The normalized spacial score (nSPS) is 19.6. The molecule has 0 bridgehead atoms. The number of carboxylic acid groups (broad SMARTS) is 1. The Kier molecular flexibility index (Phi) is 2.76. The first-order valence-electron chi connectivity index (χ1n) is 5.07. The van der Waals surface area contributed by atoms with E-state index in [9.17, 15) is 4.79 Å². The number of nitrogens with one attached hydrogen (secondary N) is 2. The van der Waals surface area contributed by atoms with E-state index in [0.29, 0.717) is 6.54 Å². The molecule has 1 aromatic rings. The minimum atomic E-state index is -0.951. The van der Waals surface area contributed by atoms with E-state index in [2.05, 4.69) is 16.7 Å². The Morgan fingerprint density at radius 1 is 1.47 bits per heavy atom. The van der Waals surface area contributed by atoms with Crippen LogP contribution < -0.4 is 10.6 Å². The van der Waals surface area contributed by atoms with Gasteiger partial charge in [-0.3, -0.25) is 0 Å². The highest BCUT2D eigenvalue weighted by atomic mass is 16.4. The van der Waals surface area contributed by atoms with Crippen molar-refractivity contribution in [1.29, 1.82) is 0 Å². The fourth-order valence-electron chi connectivity index (χ4n) is 1.87. The number of fused-ring (bicyclic) bond motifs is 1. The summed E-state index contributed by atoms with van der Waals surface area (Å²) in [6.07, 6.45) is 0.803. The molecule has 0 aromatic heterocycles. The summed E-state index contributed by atoms with van der Waals surface area (Å²) in [6, 6.07) is 8.08. The molecule has 2 rings (SSSR count). The van der Waals surface area contributed by atoms with Gasteiger partial charge in [0.15, 0.2) is 0 Å². The number of amides is 1. The van der Waals surface area contributed by atoms with Crippen molar-refractivity contribution in [2.24, 2.45) is 0 Å². The first kappa shape index (κ1) is 9.83. The maximum atomic E-state index is 10.5. The number of hydrogen-bond acceptors (Lipinski definition) is 2. The quantitative estimate of drug-likeness (QED) is 0.655. The molecule has 4 heteroatoms. The highest BCUT2D eigenvalue weighted by Crippen LogP contribution is 2.20. The molecular formula is C11H14N2O2. The maximum absolute atomic E-state index is 10.5. The largest absolute Gasteiger partial charge is 0.465 e. The van der Waals surface area contributed by atoms with Crippen molar-refractivity contribution in [2.75, 3.05) is 11.9 Å². The second-order valence-electron chi connectivity index (χ2n) is 3.72. The molecule has 0 saturated carbocycles. The maximum Gasteiger partial charge on any atom is 0.404 e. The van der Waals surface area contributed by atoms with Crippen LogP contribution in [0.3, 0.4) is 0 Å². The monoisotopic (exact) mass is 206 g/mol. The lowest BCUT2D eigenvalue weighted by Crippen LogP contribution is -2.38. The number of carbonyl (C=O) groups is 1. The Morgan fingerprint density at radius 3 is 3.07 bits per heavy atom. The van der Waals surface area contributed by atoms with Gasteiger partial charge in [0, 0.05) is 18.3 Å². The zero-order valence-electron chi connectivity index (χ0n) is 8.36. The standard InChI is InChI=1S/C11H14N2O2/c14-11(15)13-9-6-5-8-3-1-2-4-10(8)12-7-9/h1-4,9,12-13H,5-7H2,(H,14,15)/t9-/m0/s1. The fourth-order valence-corrected chi connectivity index (χ4v) is 1.87. The summed E-state index contributed by atoms with van der Waals surface area (Å²) in [5, 5.41) is 14.4. The van der Waals surface area contributed by atoms with Crippen molar-refractivity contribution >= 4 is 11.8 Å². The predicted molar refractivity (Wildman–Crippen MR) is 58.2 cm³/mol. The topological polar surface area (TPSA) is 61.4 Å². The molecular weight excluding hydrogens is 192 g/mol. The van der Waals surface area contributed by atoms with Crippen molar-refractivity contribution in [2.45, 2.75) is 18.9 Å². The summed E-state index contributed by atoms with van der Waals surface area (Å²) in [5.74, 6) is 0. The molecule has 1 aromatic carbocycles. The Hall–Kier alpha value is -1.71. The summed E-state index contributed by atoms with van der Waals surface area (Å²) < 4.78 is 0. The zero-order valence-corrected chi connectivity index (χ0v) is 8.36. The Balaban J connectivity index is 2.05. The number of rotatable bonds is 1. The molecule has 1 amide bonds. The summed E-state index contributed by atoms with van der Waals surface area (Å²) in [5.41, 5.74) is 2.37. The van der Waals surface area contributed by atoms with Gasteiger partial charge in [-0.05, 0) is 24.5 Å². The molecule has 1 atom stereocenters. The van der Waals surface area contributed by atoms with Crippen LogP contribution in [-0.2, 0) is 6.42 Å². The van der Waals surface area contributed by atoms with Gasteiger partial charge < -0.3 is 15.7 Å². The molecule has 1 aliphatic heterocycles. The zero-order chi connectivity index (χ0) is 10.7. The number of aryl methyl sites for hydroxylation is 1. The lowest BCUT2D eigenvalue weighted by molar-refractivity contribution is 0.190. The molecule has 0 aliphatic carbocycles. The van der Waals surface area contributed by atoms with Crippen LogP contribution in [0.1, 0.15) is 12.0 Å². The third-order valence-corrected chi connectivity index (χ3v) is 2.65. The molecule has 1 aliphatic rings. The van der Waals surface area contributed by atoms with Gasteiger partial charge in [-0.25, -0.2) is 4.79 Å². The molecule has 3 N–H and O–H groups in total. The van der Waals surface area contributed by atoms with Gasteiger partial charge in [0.05, 0.1) is 0 Å². The third kappa shape index (κ3) is 2.40. The summed E-state index contributed by atoms with van der Waals surface area (Å²) in [4.78, 5) is 10.5. The second-order valence-corrected chi connectivity index (χ2v) is 3.72. The molecule has 0 spiro atoms. The van der Waals surface area contributed by atoms with Crippen molar-refractivity contribution < 1.29 is 9.90 Å². The van der Waals surface area contributed by atoms with Gasteiger partial charge in [-0.15, -0.1) is 0 Å². The van der Waals surface area contributed by atoms with Crippen molar-refractivity contribution in [3.63, 3.8) is 0 Å². The Bertz CT molecular complexity index is 338. The van der Waals surface area contributed by atoms with Gasteiger partial charge >= 0.3 is 6.09 Å². The van der Waals surface area contributed by atoms with Crippen molar-refractivity contribution in [3.05, 3.63) is 29.8 Å². The van der Waals surface area contributed by atoms with E-state index in [1.807, 2.05) is 18.2 Å². The van der Waals surface area contributed by atoms with Gasteiger partial charge in [-0.1, -0.05) is 18.2 Å². The van der Waals surface area contributed by atoms with Crippen molar-refractivity contribution in [1.82, 2.24) is 5.32 Å². The summed E-state index contributed by atoms with van der Waals surface area (Å²) in [7, 11) is 0. The molecule has 0 fully saturated rings. The highest BCUT2D eigenvalue weighted by Gasteiger charge is 2.16. The summed E-state index contributed by atoms with van der Waals surface area (Å²) in [6.45, 7) is 0.656. The van der Waals surface area contributed by atoms with Gasteiger partial charge in [-0.2, -0.15) is 0 Å². The SMILES string of the molecule is O=C(O)N[C@H]1CCc2ccccc2NC1. The first-order chi connectivity index (χ1) is 7.25. The van der Waals surface area contributed by atoms with Crippen LogP contribution in [0.25, 0.3) is 0 Å². The van der Waals surface area contributed by atoms with E-state index < -0.39 is 6.09 Å². The Morgan fingerprint density at radius 2 is 2.27 bits per heavy atom. The number of hydrogen-bond donors (Lipinski definition) is 3. The average Bonchev–Trinajstić information content (AvgIpc) is 2.41. The van der Waals surface area contributed by atoms with E-state index in [1.54, 1.807) is 0 Å². The van der Waals surface area contributed by atoms with E-state index in [1.165, 1.54) is 5.56 Å². The molecule has 4 nitrogen and oxygen atoms in total. The lowest BCUT2D eigenvalue weighted by Gasteiger charge is -2.13. The van der Waals surface area contributed by atoms with Crippen LogP contribution >= 0.6 is 0 Å². The number of benzene rings is 1. The number of anilines is 1. The van der Waals surface area contributed by atoms with Gasteiger partial charge in [0.1, 0.15) is 0 Å². The average molecular weight is 206 g/mol. The van der Waals surface area contributed by atoms with E-state index >= 15 is 0 Å². The predicted octanol–water partition coefficient (Wildman–Crippen LogP) is 1.68. The van der Waals surface area contributed by atoms with E-state index in [4.69, 9.17) is 5.11 Å². The van der Waals surface area contributed by atoms with Crippen LogP contribution in [0.5, 0.6) is 0 Å². The molecule has 15 heavy (non-hydrogen) atoms. The third-order valence-electron chi connectivity index (χ3n) is 2.65. The molecule has 0 radical (unpaired) electrons. The molecule has 80 valence electrons. The van der Waals surface area contributed by atoms with Crippen molar-refractivity contribution in [3.8, 4) is 0 Å². The van der Waals surface area contributed by atoms with Crippen LogP contribution in [0.4, 0.5) is 10.5 Å². The molecule has 0 saturated heterocycles. The van der Waals surface area contributed by atoms with Crippen LogP contribution in [0, 0.1) is 0 Å². The minimum absolute atomic E-state index is 0.00472.